The van der Waals surface area contributed by atoms with Crippen molar-refractivity contribution in [1.29, 1.82) is 0 Å². The molecule has 0 amide bonds. The first-order chi connectivity index (χ1) is 8.25. The number of hydrogen-bond acceptors (Lipinski definition) is 4. The summed E-state index contributed by atoms with van der Waals surface area (Å²) < 4.78 is 0. The van der Waals surface area contributed by atoms with Crippen LogP contribution < -0.4 is 11.1 Å². The van der Waals surface area contributed by atoms with E-state index in [-0.39, 0.29) is 0 Å². The maximum Gasteiger partial charge on any atom is 0.149 e. The molecule has 0 spiro atoms. The van der Waals surface area contributed by atoms with Crippen LogP contribution in [0.5, 0.6) is 0 Å². The zero-order valence-corrected chi connectivity index (χ0v) is 9.90. The lowest BCUT2D eigenvalue weighted by molar-refractivity contribution is 0.814. The van der Waals surface area contributed by atoms with E-state index in [9.17, 15) is 0 Å². The Hall–Kier alpha value is -2.04. The zero-order valence-electron chi connectivity index (χ0n) is 9.90. The third-order valence-electron chi connectivity index (χ3n) is 2.50. The molecule has 0 radical (unpaired) electrons. The first-order valence-electron chi connectivity index (χ1n) is 5.71. The number of aromatic nitrogens is 3. The summed E-state index contributed by atoms with van der Waals surface area (Å²) in [7, 11) is 0. The van der Waals surface area contributed by atoms with Crippen molar-refractivity contribution in [1.82, 2.24) is 15.0 Å². The molecule has 5 nitrogen and oxygen atoms in total. The van der Waals surface area contributed by atoms with Gasteiger partial charge in [-0.2, -0.15) is 0 Å². The van der Waals surface area contributed by atoms with Crippen molar-refractivity contribution in [3.05, 3.63) is 36.0 Å². The quantitative estimate of drug-likeness (QED) is 0.685. The van der Waals surface area contributed by atoms with E-state index < -0.39 is 0 Å². The minimum absolute atomic E-state index is 0.689. The molecule has 0 fully saturated rings. The normalized spacial score (nSPS) is 10.4. The third kappa shape index (κ3) is 3.21. The van der Waals surface area contributed by atoms with E-state index in [2.05, 4.69) is 20.3 Å². The molecule has 0 unspecified atom stereocenters. The Morgan fingerprint density at radius 2 is 2.29 bits per heavy atom. The number of aryl methyl sites for hydroxylation is 2. The van der Waals surface area contributed by atoms with Crippen LogP contribution in [0.15, 0.2) is 24.5 Å². The van der Waals surface area contributed by atoms with E-state index in [1.165, 1.54) is 0 Å². The van der Waals surface area contributed by atoms with Gasteiger partial charge in [0.1, 0.15) is 11.6 Å². The van der Waals surface area contributed by atoms with Crippen LogP contribution in [0.3, 0.4) is 0 Å². The number of nitrogens with one attached hydrogen (secondary N) is 2. The Morgan fingerprint density at radius 1 is 1.41 bits per heavy atom. The minimum atomic E-state index is 0.689. The van der Waals surface area contributed by atoms with E-state index in [0.29, 0.717) is 5.69 Å². The summed E-state index contributed by atoms with van der Waals surface area (Å²) >= 11 is 0. The highest BCUT2D eigenvalue weighted by Gasteiger charge is 2.00. The smallest absolute Gasteiger partial charge is 0.149 e. The first kappa shape index (κ1) is 11.4. The van der Waals surface area contributed by atoms with Gasteiger partial charge in [-0.15, -0.1) is 0 Å². The second-order valence-electron chi connectivity index (χ2n) is 3.96. The van der Waals surface area contributed by atoms with Crippen LogP contribution in [0.2, 0.25) is 0 Å². The third-order valence-corrected chi connectivity index (χ3v) is 2.50. The molecule has 17 heavy (non-hydrogen) atoms. The van der Waals surface area contributed by atoms with E-state index in [1.807, 2.05) is 25.3 Å². The van der Waals surface area contributed by atoms with Crippen LogP contribution >= 0.6 is 0 Å². The van der Waals surface area contributed by atoms with E-state index in [1.54, 1.807) is 6.20 Å². The van der Waals surface area contributed by atoms with Crippen LogP contribution in [0.1, 0.15) is 17.9 Å². The number of anilines is 2. The molecular weight excluding hydrogens is 214 g/mol. The lowest BCUT2D eigenvalue weighted by Crippen LogP contribution is -2.08. The predicted octanol–water partition coefficient (Wildman–Crippen LogP) is 1.74. The van der Waals surface area contributed by atoms with Crippen LogP contribution in [0, 0.1) is 6.92 Å². The first-order valence-corrected chi connectivity index (χ1v) is 5.71. The van der Waals surface area contributed by atoms with E-state index in [4.69, 9.17) is 5.73 Å². The summed E-state index contributed by atoms with van der Waals surface area (Å²) in [5.74, 6) is 1.78. The average molecular weight is 231 g/mol. The molecule has 2 aromatic rings. The van der Waals surface area contributed by atoms with Gasteiger partial charge in [-0.3, -0.25) is 0 Å². The van der Waals surface area contributed by atoms with Gasteiger partial charge in [0.25, 0.3) is 0 Å². The molecule has 4 N–H and O–H groups in total. The summed E-state index contributed by atoms with van der Waals surface area (Å²) in [5, 5.41) is 3.24. The maximum absolute atomic E-state index is 5.82. The van der Waals surface area contributed by atoms with Gasteiger partial charge in [0.15, 0.2) is 0 Å². The monoisotopic (exact) mass is 231 g/mol. The van der Waals surface area contributed by atoms with E-state index >= 15 is 0 Å². The Balaban J connectivity index is 1.80. The van der Waals surface area contributed by atoms with Crippen molar-refractivity contribution in [2.75, 3.05) is 17.6 Å². The van der Waals surface area contributed by atoms with Gasteiger partial charge in [0, 0.05) is 31.1 Å². The van der Waals surface area contributed by atoms with Crippen molar-refractivity contribution < 1.29 is 0 Å². The zero-order chi connectivity index (χ0) is 12.1. The summed E-state index contributed by atoms with van der Waals surface area (Å²) in [5.41, 5.74) is 7.48. The molecule has 0 aliphatic heterocycles. The molecule has 0 bridgehead atoms. The fraction of sp³-hybridized carbons (Fsp3) is 0.333. The van der Waals surface area contributed by atoms with Crippen molar-refractivity contribution in [2.24, 2.45) is 0 Å². The number of nitrogen functional groups attached to an aromatic ring is 1. The molecule has 5 heteroatoms. The summed E-state index contributed by atoms with van der Waals surface area (Å²) in [6.45, 7) is 2.79. The van der Waals surface area contributed by atoms with Gasteiger partial charge >= 0.3 is 0 Å². The second kappa shape index (κ2) is 5.34. The SMILES string of the molecule is Cc1ccc(N)c(NCCCc2ncc[nH]2)n1. The summed E-state index contributed by atoms with van der Waals surface area (Å²) in [6, 6.07) is 3.78. The van der Waals surface area contributed by atoms with Gasteiger partial charge in [-0.05, 0) is 25.5 Å². The van der Waals surface area contributed by atoms with Gasteiger partial charge < -0.3 is 16.0 Å². The Kier molecular flexibility index (Phi) is 3.59. The summed E-state index contributed by atoms with van der Waals surface area (Å²) in [4.78, 5) is 11.6. The number of imidazole rings is 1. The molecule has 0 aliphatic rings. The fourth-order valence-electron chi connectivity index (χ4n) is 1.61. The minimum Gasteiger partial charge on any atom is -0.396 e. The number of aromatic amines is 1. The van der Waals surface area contributed by atoms with Gasteiger partial charge in [-0.1, -0.05) is 0 Å². The molecule has 0 saturated carbocycles. The highest BCUT2D eigenvalue weighted by molar-refractivity contribution is 5.61. The maximum atomic E-state index is 5.82. The number of nitrogens with zero attached hydrogens (tertiary/aromatic N) is 2. The molecule has 0 aromatic carbocycles. The number of pyridine rings is 1. The second-order valence-corrected chi connectivity index (χ2v) is 3.96. The molecule has 2 heterocycles. The number of nitrogens with two attached hydrogens (primary N) is 1. The Labute approximate surface area is 100 Å². The molecule has 0 saturated heterocycles. The number of rotatable bonds is 5. The molecule has 0 atom stereocenters. The van der Waals surface area contributed by atoms with E-state index in [0.717, 1.165) is 36.7 Å². The number of hydrogen-bond donors (Lipinski definition) is 3. The highest BCUT2D eigenvalue weighted by Crippen LogP contribution is 2.15. The van der Waals surface area contributed by atoms with Gasteiger partial charge in [-0.25, -0.2) is 9.97 Å². The van der Waals surface area contributed by atoms with Gasteiger partial charge in [0.2, 0.25) is 0 Å². The molecule has 0 aliphatic carbocycles. The van der Waals surface area contributed by atoms with Crippen LogP contribution in [0.25, 0.3) is 0 Å². The highest BCUT2D eigenvalue weighted by atomic mass is 15.0. The van der Waals surface area contributed by atoms with Crippen molar-refractivity contribution in [3.8, 4) is 0 Å². The largest absolute Gasteiger partial charge is 0.396 e. The standard InChI is InChI=1S/C12H17N5/c1-9-4-5-10(13)12(17-9)16-6-2-3-11-14-7-8-15-11/h4-5,7-8H,2-3,6,13H2,1H3,(H,14,15)(H,16,17). The van der Waals surface area contributed by atoms with Crippen LogP contribution in [-0.4, -0.2) is 21.5 Å². The summed E-state index contributed by atoms with van der Waals surface area (Å²) in [6.07, 6.45) is 5.51. The van der Waals surface area contributed by atoms with Crippen LogP contribution in [0.4, 0.5) is 11.5 Å². The number of H-pyrrole nitrogens is 1. The topological polar surface area (TPSA) is 79.6 Å². The lowest BCUT2D eigenvalue weighted by atomic mass is 10.3. The van der Waals surface area contributed by atoms with Crippen LogP contribution in [-0.2, 0) is 6.42 Å². The predicted molar refractivity (Wildman–Crippen MR) is 68.8 cm³/mol. The van der Waals surface area contributed by atoms with Crippen molar-refractivity contribution in [2.45, 2.75) is 19.8 Å². The molecular formula is C12H17N5. The molecule has 2 aromatic heterocycles. The lowest BCUT2D eigenvalue weighted by Gasteiger charge is -2.08. The average Bonchev–Trinajstić information content (AvgIpc) is 2.82. The Bertz CT molecular complexity index is 464. The van der Waals surface area contributed by atoms with Crippen molar-refractivity contribution in [3.63, 3.8) is 0 Å². The fourth-order valence-corrected chi connectivity index (χ4v) is 1.61. The molecule has 90 valence electrons. The van der Waals surface area contributed by atoms with Gasteiger partial charge in [0.05, 0.1) is 5.69 Å². The molecule has 2 rings (SSSR count). The Morgan fingerprint density at radius 3 is 3.06 bits per heavy atom. The van der Waals surface area contributed by atoms with Crippen molar-refractivity contribution >= 4 is 11.5 Å².